The molecule has 0 aliphatic carbocycles. The summed E-state index contributed by atoms with van der Waals surface area (Å²) in [6.45, 7) is 4.58. The van der Waals surface area contributed by atoms with Crippen LogP contribution in [0, 0.1) is 0 Å². The number of ether oxygens (including phenoxy) is 1. The number of hydrogen-bond acceptors (Lipinski definition) is 4. The van der Waals surface area contributed by atoms with Crippen molar-refractivity contribution in [2.45, 2.75) is 26.7 Å². The van der Waals surface area contributed by atoms with Crippen LogP contribution in [0.5, 0.6) is 17.2 Å². The molecule has 0 fully saturated rings. The van der Waals surface area contributed by atoms with Crippen LogP contribution in [0.3, 0.4) is 0 Å². The molecule has 0 bridgehead atoms. The van der Waals surface area contributed by atoms with E-state index in [0.717, 1.165) is 23.3 Å². The number of aryl methyl sites for hydroxylation is 1. The molecule has 0 aliphatic heterocycles. The molecule has 0 saturated carbocycles. The third-order valence-electron chi connectivity index (χ3n) is 3.45. The zero-order valence-electron chi connectivity index (χ0n) is 12.8. The van der Waals surface area contributed by atoms with Crippen molar-refractivity contribution in [2.24, 2.45) is 0 Å². The highest BCUT2D eigenvalue weighted by molar-refractivity contribution is 6.00. The van der Waals surface area contributed by atoms with Crippen molar-refractivity contribution < 1.29 is 19.7 Å². The van der Waals surface area contributed by atoms with Gasteiger partial charge in [-0.15, -0.1) is 0 Å². The average Bonchev–Trinajstić information content (AvgIpc) is 2.48. The van der Waals surface area contributed by atoms with E-state index in [1.165, 1.54) is 18.2 Å². The zero-order chi connectivity index (χ0) is 16.1. The summed E-state index contributed by atoms with van der Waals surface area (Å²) in [6, 6.07) is 9.69. The van der Waals surface area contributed by atoms with Gasteiger partial charge in [-0.3, -0.25) is 4.79 Å². The zero-order valence-corrected chi connectivity index (χ0v) is 12.8. The van der Waals surface area contributed by atoms with Crippen LogP contribution >= 0.6 is 0 Å². The highest BCUT2D eigenvalue weighted by atomic mass is 16.5. The predicted molar refractivity (Wildman–Crippen MR) is 84.8 cm³/mol. The molecule has 2 N–H and O–H groups in total. The monoisotopic (exact) mass is 300 g/mol. The largest absolute Gasteiger partial charge is 0.508 e. The van der Waals surface area contributed by atoms with Crippen LogP contribution < -0.4 is 4.74 Å². The number of ketones is 1. The fourth-order valence-corrected chi connectivity index (χ4v) is 2.35. The molecule has 0 spiro atoms. The molecule has 22 heavy (non-hydrogen) atoms. The molecule has 4 nitrogen and oxygen atoms in total. The van der Waals surface area contributed by atoms with Gasteiger partial charge in [-0.25, -0.2) is 0 Å². The molecule has 2 aromatic carbocycles. The maximum atomic E-state index is 12.3. The summed E-state index contributed by atoms with van der Waals surface area (Å²) < 4.78 is 5.55. The smallest absolute Gasteiger partial charge is 0.170 e. The van der Waals surface area contributed by atoms with Gasteiger partial charge in [-0.1, -0.05) is 19.1 Å². The second kappa shape index (κ2) is 6.98. The van der Waals surface area contributed by atoms with Gasteiger partial charge in [0.15, 0.2) is 5.78 Å². The Bertz CT molecular complexity index is 677. The highest BCUT2D eigenvalue weighted by Crippen LogP contribution is 2.25. The van der Waals surface area contributed by atoms with Crippen LogP contribution in [-0.4, -0.2) is 22.6 Å². The minimum absolute atomic E-state index is 0.0663. The first-order valence-electron chi connectivity index (χ1n) is 7.35. The Hall–Kier alpha value is -2.49. The Kier molecular flexibility index (Phi) is 5.04. The van der Waals surface area contributed by atoms with Crippen LogP contribution in [0.15, 0.2) is 36.4 Å². The molecule has 0 atom stereocenters. The summed E-state index contributed by atoms with van der Waals surface area (Å²) in [6.07, 6.45) is 1.01. The molecule has 0 aliphatic rings. The number of phenolic OH excluding ortho intramolecular Hbond substituents is 2. The van der Waals surface area contributed by atoms with E-state index in [0.29, 0.717) is 6.61 Å². The van der Waals surface area contributed by atoms with E-state index in [-0.39, 0.29) is 29.3 Å². The van der Waals surface area contributed by atoms with Gasteiger partial charge in [0.25, 0.3) is 0 Å². The number of carbonyl (C=O) groups is 1. The van der Waals surface area contributed by atoms with E-state index in [2.05, 4.69) is 0 Å². The van der Waals surface area contributed by atoms with E-state index in [1.807, 2.05) is 32.0 Å². The summed E-state index contributed by atoms with van der Waals surface area (Å²) in [5, 5.41) is 19.0. The lowest BCUT2D eigenvalue weighted by Gasteiger charge is -2.11. The van der Waals surface area contributed by atoms with Crippen LogP contribution in [-0.2, 0) is 12.8 Å². The fourth-order valence-electron chi connectivity index (χ4n) is 2.35. The molecule has 2 rings (SSSR count). The second-order valence-electron chi connectivity index (χ2n) is 5.03. The second-order valence-corrected chi connectivity index (χ2v) is 5.03. The van der Waals surface area contributed by atoms with Crippen molar-refractivity contribution in [2.75, 3.05) is 6.61 Å². The lowest BCUT2D eigenvalue weighted by molar-refractivity contribution is 0.0990. The predicted octanol–water partition coefficient (Wildman–Crippen LogP) is 3.48. The SMILES string of the molecule is CCOc1ccc(CC(=O)c2ccc(O)cc2O)cc1CC. The van der Waals surface area contributed by atoms with Crippen LogP contribution in [0.2, 0.25) is 0 Å². The van der Waals surface area contributed by atoms with Gasteiger partial charge >= 0.3 is 0 Å². The lowest BCUT2D eigenvalue weighted by atomic mass is 9.99. The Balaban J connectivity index is 2.21. The molecular formula is C18H20O4. The number of rotatable bonds is 6. The van der Waals surface area contributed by atoms with Crippen LogP contribution in [0.1, 0.15) is 35.3 Å². The molecule has 0 heterocycles. The standard InChI is InChI=1S/C18H20O4/c1-3-13-9-12(5-8-18(13)22-4-2)10-16(20)15-7-6-14(19)11-17(15)21/h5-9,11,19,21H,3-4,10H2,1-2H3. The van der Waals surface area contributed by atoms with Crippen molar-refractivity contribution in [3.63, 3.8) is 0 Å². The Morgan fingerprint density at radius 2 is 1.86 bits per heavy atom. The van der Waals surface area contributed by atoms with Crippen molar-refractivity contribution in [1.29, 1.82) is 0 Å². The highest BCUT2D eigenvalue weighted by Gasteiger charge is 2.13. The summed E-state index contributed by atoms with van der Waals surface area (Å²) in [7, 11) is 0. The number of phenols is 2. The minimum atomic E-state index is -0.202. The number of aromatic hydroxyl groups is 2. The molecule has 0 saturated heterocycles. The molecule has 4 heteroatoms. The molecular weight excluding hydrogens is 280 g/mol. The fraction of sp³-hybridized carbons (Fsp3) is 0.278. The molecule has 0 unspecified atom stereocenters. The topological polar surface area (TPSA) is 66.8 Å². The summed E-state index contributed by atoms with van der Waals surface area (Å²) >= 11 is 0. The number of Topliss-reactive ketones (excluding diaryl/α,β-unsaturated/α-hetero) is 1. The molecule has 0 aromatic heterocycles. The number of hydrogen-bond donors (Lipinski definition) is 2. The van der Waals surface area contributed by atoms with Gasteiger partial charge in [0.1, 0.15) is 17.2 Å². The quantitative estimate of drug-likeness (QED) is 0.801. The first-order chi connectivity index (χ1) is 10.5. The first kappa shape index (κ1) is 15.9. The summed E-state index contributed by atoms with van der Waals surface area (Å²) in [5.74, 6) is 0.382. The van der Waals surface area contributed by atoms with E-state index >= 15 is 0 Å². The van der Waals surface area contributed by atoms with Gasteiger partial charge in [0.05, 0.1) is 12.2 Å². The first-order valence-corrected chi connectivity index (χ1v) is 7.35. The lowest BCUT2D eigenvalue weighted by Crippen LogP contribution is -2.05. The summed E-state index contributed by atoms with van der Waals surface area (Å²) in [5.41, 5.74) is 2.14. The van der Waals surface area contributed by atoms with Gasteiger partial charge in [-0.05, 0) is 42.7 Å². The minimum Gasteiger partial charge on any atom is -0.508 e. The van der Waals surface area contributed by atoms with Crippen LogP contribution in [0.25, 0.3) is 0 Å². The number of benzene rings is 2. The van der Waals surface area contributed by atoms with Crippen molar-refractivity contribution in [3.8, 4) is 17.2 Å². The van der Waals surface area contributed by atoms with E-state index in [9.17, 15) is 15.0 Å². The number of carbonyl (C=O) groups excluding carboxylic acids is 1. The Morgan fingerprint density at radius 1 is 1.09 bits per heavy atom. The molecule has 0 radical (unpaired) electrons. The van der Waals surface area contributed by atoms with E-state index in [4.69, 9.17) is 4.74 Å². The van der Waals surface area contributed by atoms with Crippen molar-refractivity contribution in [3.05, 3.63) is 53.1 Å². The van der Waals surface area contributed by atoms with Crippen LogP contribution in [0.4, 0.5) is 0 Å². The average molecular weight is 300 g/mol. The normalized spacial score (nSPS) is 10.5. The summed E-state index contributed by atoms with van der Waals surface area (Å²) in [4.78, 5) is 12.3. The Labute approximate surface area is 130 Å². The van der Waals surface area contributed by atoms with Gasteiger partial charge in [-0.2, -0.15) is 0 Å². The molecule has 0 amide bonds. The molecule has 2 aromatic rings. The maximum Gasteiger partial charge on any atom is 0.170 e. The van der Waals surface area contributed by atoms with E-state index < -0.39 is 0 Å². The van der Waals surface area contributed by atoms with Crippen molar-refractivity contribution in [1.82, 2.24) is 0 Å². The molecule has 116 valence electrons. The van der Waals surface area contributed by atoms with Gasteiger partial charge in [0.2, 0.25) is 0 Å². The van der Waals surface area contributed by atoms with Gasteiger partial charge < -0.3 is 14.9 Å². The Morgan fingerprint density at radius 3 is 2.50 bits per heavy atom. The van der Waals surface area contributed by atoms with Crippen molar-refractivity contribution >= 4 is 5.78 Å². The van der Waals surface area contributed by atoms with E-state index in [1.54, 1.807) is 0 Å². The third kappa shape index (κ3) is 3.58. The third-order valence-corrected chi connectivity index (χ3v) is 3.45. The maximum absolute atomic E-state index is 12.3. The van der Waals surface area contributed by atoms with Gasteiger partial charge in [0, 0.05) is 12.5 Å².